The number of hydrogen-bond donors (Lipinski definition) is 1. The fraction of sp³-hybridized carbons (Fsp3) is 0.300. The van der Waals surface area contributed by atoms with Crippen LogP contribution in [0.4, 0.5) is 21.0 Å². The third-order valence-electron chi connectivity index (χ3n) is 5.06. The van der Waals surface area contributed by atoms with E-state index < -0.39 is 6.09 Å². The van der Waals surface area contributed by atoms with Crippen molar-refractivity contribution in [3.63, 3.8) is 0 Å². The van der Waals surface area contributed by atoms with E-state index >= 15 is 0 Å². The molecule has 2 aromatic carbocycles. The zero-order chi connectivity index (χ0) is 20.5. The lowest BCUT2D eigenvalue weighted by molar-refractivity contribution is 0.181. The van der Waals surface area contributed by atoms with Gasteiger partial charge in [-0.25, -0.2) is 9.59 Å². The Balaban J connectivity index is 1.48. The molecule has 0 radical (unpaired) electrons. The molecule has 0 saturated carbocycles. The zero-order valence-corrected chi connectivity index (χ0v) is 17.2. The first-order valence-electron chi connectivity index (χ1n) is 9.12. The van der Waals surface area contributed by atoms with Crippen LogP contribution in [0.15, 0.2) is 30.3 Å². The second kappa shape index (κ2) is 8.00. The zero-order valence-electron chi connectivity index (χ0n) is 15.7. The minimum Gasteiger partial charge on any atom is -0.494 e. The minimum absolute atomic E-state index is 0.225. The van der Waals surface area contributed by atoms with Crippen molar-refractivity contribution < 1.29 is 19.1 Å². The number of rotatable bonds is 3. The molecule has 7 nitrogen and oxygen atoms in total. The normalized spacial score (nSPS) is 15.8. The maximum atomic E-state index is 12.8. The number of urea groups is 1. The van der Waals surface area contributed by atoms with Crippen LogP contribution in [-0.4, -0.2) is 43.8 Å². The summed E-state index contributed by atoms with van der Waals surface area (Å²) in [6, 6.07) is 8.57. The van der Waals surface area contributed by atoms with Crippen LogP contribution in [-0.2, 0) is 17.7 Å². The SMILES string of the molecule is COc1cc(NC(=O)N2CCc3c(ccc(Cl)c3Cl)C2)ccc1N1CCOC1=O. The Labute approximate surface area is 178 Å². The van der Waals surface area contributed by atoms with Crippen LogP contribution in [0.5, 0.6) is 5.75 Å². The van der Waals surface area contributed by atoms with Gasteiger partial charge in [0.15, 0.2) is 0 Å². The van der Waals surface area contributed by atoms with Crippen LogP contribution < -0.4 is 15.0 Å². The molecule has 4 rings (SSSR count). The topological polar surface area (TPSA) is 71.1 Å². The first-order valence-corrected chi connectivity index (χ1v) is 9.87. The molecule has 1 saturated heterocycles. The largest absolute Gasteiger partial charge is 0.494 e. The van der Waals surface area contributed by atoms with Crippen molar-refractivity contribution in [3.05, 3.63) is 51.5 Å². The van der Waals surface area contributed by atoms with Gasteiger partial charge in [0, 0.05) is 24.8 Å². The Bertz CT molecular complexity index is 982. The van der Waals surface area contributed by atoms with Gasteiger partial charge in [-0.05, 0) is 35.7 Å². The van der Waals surface area contributed by atoms with Crippen LogP contribution in [0.25, 0.3) is 0 Å². The number of fused-ring (bicyclic) bond motifs is 1. The number of anilines is 2. The van der Waals surface area contributed by atoms with E-state index in [-0.39, 0.29) is 6.03 Å². The van der Waals surface area contributed by atoms with Gasteiger partial charge < -0.3 is 19.7 Å². The molecule has 1 N–H and O–H groups in total. The number of hydrogen-bond acceptors (Lipinski definition) is 4. The van der Waals surface area contributed by atoms with E-state index in [0.29, 0.717) is 59.8 Å². The van der Waals surface area contributed by atoms with Crippen LogP contribution in [0.2, 0.25) is 10.0 Å². The highest BCUT2D eigenvalue weighted by atomic mass is 35.5. The molecule has 29 heavy (non-hydrogen) atoms. The van der Waals surface area contributed by atoms with E-state index in [2.05, 4.69) is 5.32 Å². The summed E-state index contributed by atoms with van der Waals surface area (Å²) in [5, 5.41) is 3.97. The molecule has 2 heterocycles. The van der Waals surface area contributed by atoms with Crippen LogP contribution in [0.1, 0.15) is 11.1 Å². The second-order valence-electron chi connectivity index (χ2n) is 6.75. The molecule has 0 bridgehead atoms. The Kier molecular flexibility index (Phi) is 5.43. The Morgan fingerprint density at radius 1 is 1.21 bits per heavy atom. The molecule has 3 amide bonds. The van der Waals surface area contributed by atoms with Gasteiger partial charge in [-0.3, -0.25) is 4.90 Å². The number of methoxy groups -OCH3 is 1. The maximum absolute atomic E-state index is 12.8. The number of carbonyl (C=O) groups excluding carboxylic acids is 2. The fourth-order valence-corrected chi connectivity index (χ4v) is 4.00. The van der Waals surface area contributed by atoms with Crippen molar-refractivity contribution >= 4 is 46.7 Å². The van der Waals surface area contributed by atoms with Crippen molar-refractivity contribution in [2.45, 2.75) is 13.0 Å². The van der Waals surface area contributed by atoms with E-state index in [1.165, 1.54) is 12.0 Å². The van der Waals surface area contributed by atoms with Gasteiger partial charge in [0.1, 0.15) is 12.4 Å². The molecule has 2 aliphatic heterocycles. The summed E-state index contributed by atoms with van der Waals surface area (Å²) < 4.78 is 10.4. The molecular weight excluding hydrogens is 417 g/mol. The lowest BCUT2D eigenvalue weighted by Crippen LogP contribution is -2.39. The molecule has 0 atom stereocenters. The quantitative estimate of drug-likeness (QED) is 0.767. The number of halogens is 2. The second-order valence-corrected chi connectivity index (χ2v) is 7.54. The number of nitrogens with one attached hydrogen (secondary N) is 1. The molecule has 2 aliphatic rings. The van der Waals surface area contributed by atoms with Crippen molar-refractivity contribution in [2.75, 3.05) is 37.0 Å². The third kappa shape index (κ3) is 3.80. The first-order chi connectivity index (χ1) is 14.0. The smallest absolute Gasteiger partial charge is 0.414 e. The molecule has 0 aliphatic carbocycles. The number of carbonyl (C=O) groups is 2. The van der Waals surface area contributed by atoms with E-state index in [9.17, 15) is 9.59 Å². The molecule has 0 unspecified atom stereocenters. The molecular formula is C20H19Cl2N3O4. The Morgan fingerprint density at radius 3 is 2.76 bits per heavy atom. The van der Waals surface area contributed by atoms with Crippen molar-refractivity contribution in [2.24, 2.45) is 0 Å². The highest BCUT2D eigenvalue weighted by Gasteiger charge is 2.27. The highest BCUT2D eigenvalue weighted by Crippen LogP contribution is 2.34. The molecule has 0 aromatic heterocycles. The van der Waals surface area contributed by atoms with Gasteiger partial charge in [-0.15, -0.1) is 0 Å². The van der Waals surface area contributed by atoms with Crippen molar-refractivity contribution in [1.29, 1.82) is 0 Å². The van der Waals surface area contributed by atoms with Gasteiger partial charge >= 0.3 is 12.1 Å². The van der Waals surface area contributed by atoms with Crippen LogP contribution in [0.3, 0.4) is 0 Å². The summed E-state index contributed by atoms with van der Waals surface area (Å²) >= 11 is 12.4. The van der Waals surface area contributed by atoms with Gasteiger partial charge in [0.05, 0.1) is 29.4 Å². The predicted octanol–water partition coefficient (Wildman–Crippen LogP) is 4.55. The average Bonchev–Trinajstić information content (AvgIpc) is 3.16. The molecule has 1 fully saturated rings. The fourth-order valence-electron chi connectivity index (χ4n) is 3.55. The average molecular weight is 436 g/mol. The summed E-state index contributed by atoms with van der Waals surface area (Å²) in [6.07, 6.45) is 0.229. The maximum Gasteiger partial charge on any atom is 0.414 e. The lowest BCUT2D eigenvalue weighted by Gasteiger charge is -2.30. The van der Waals surface area contributed by atoms with Gasteiger partial charge in [-0.1, -0.05) is 29.3 Å². The van der Waals surface area contributed by atoms with E-state index in [1.807, 2.05) is 6.07 Å². The van der Waals surface area contributed by atoms with Gasteiger partial charge in [0.2, 0.25) is 0 Å². The summed E-state index contributed by atoms with van der Waals surface area (Å²) in [4.78, 5) is 27.8. The molecule has 152 valence electrons. The standard InChI is InChI=1S/C20H19Cl2N3O4/c1-28-17-10-13(3-5-16(17)25-8-9-29-20(25)27)23-19(26)24-7-6-14-12(11-24)2-4-15(21)18(14)22/h2-5,10H,6-9,11H2,1H3,(H,23,26). The van der Waals surface area contributed by atoms with Crippen molar-refractivity contribution in [1.82, 2.24) is 4.90 Å². The minimum atomic E-state index is -0.411. The van der Waals surface area contributed by atoms with Crippen molar-refractivity contribution in [3.8, 4) is 5.75 Å². The first kappa shape index (κ1) is 19.7. The Morgan fingerprint density at radius 2 is 2.03 bits per heavy atom. The predicted molar refractivity (Wildman–Crippen MR) is 111 cm³/mol. The number of nitrogens with zero attached hydrogens (tertiary/aromatic N) is 2. The number of ether oxygens (including phenoxy) is 2. The van der Waals surface area contributed by atoms with Crippen LogP contribution >= 0.6 is 23.2 Å². The lowest BCUT2D eigenvalue weighted by atomic mass is 10.00. The number of benzene rings is 2. The van der Waals surface area contributed by atoms with E-state index in [1.54, 1.807) is 29.2 Å². The van der Waals surface area contributed by atoms with Gasteiger partial charge in [-0.2, -0.15) is 0 Å². The Hall–Kier alpha value is -2.64. The molecule has 9 heteroatoms. The van der Waals surface area contributed by atoms with E-state index in [0.717, 1.165) is 11.1 Å². The van der Waals surface area contributed by atoms with E-state index in [4.69, 9.17) is 32.7 Å². The summed E-state index contributed by atoms with van der Waals surface area (Å²) in [6.45, 7) is 1.79. The van der Waals surface area contributed by atoms with Gasteiger partial charge in [0.25, 0.3) is 0 Å². The monoisotopic (exact) mass is 435 g/mol. The number of amides is 3. The third-order valence-corrected chi connectivity index (χ3v) is 5.90. The molecule has 0 spiro atoms. The number of cyclic esters (lactones) is 1. The highest BCUT2D eigenvalue weighted by molar-refractivity contribution is 6.42. The summed E-state index contributed by atoms with van der Waals surface area (Å²) in [7, 11) is 1.52. The molecule has 2 aromatic rings. The van der Waals surface area contributed by atoms with Crippen LogP contribution in [0, 0.1) is 0 Å². The summed E-state index contributed by atoms with van der Waals surface area (Å²) in [5.41, 5.74) is 3.16. The summed E-state index contributed by atoms with van der Waals surface area (Å²) in [5.74, 6) is 0.479.